The summed E-state index contributed by atoms with van der Waals surface area (Å²) in [6.07, 6.45) is 8.73. The van der Waals surface area contributed by atoms with E-state index in [9.17, 15) is 8.42 Å². The minimum Gasteiger partial charge on any atom is -0.334 e. The molecule has 4 rings (SSSR count). The maximum absolute atomic E-state index is 13.4. The quantitative estimate of drug-likeness (QED) is 0.721. The van der Waals surface area contributed by atoms with Crippen LogP contribution < -0.4 is 0 Å². The van der Waals surface area contributed by atoms with E-state index < -0.39 is 10.0 Å². The summed E-state index contributed by atoms with van der Waals surface area (Å²) in [5.74, 6) is 0.903. The monoisotopic (exact) mass is 356 g/mol. The van der Waals surface area contributed by atoms with Gasteiger partial charge in [0, 0.05) is 54.7 Å². The second-order valence-corrected chi connectivity index (χ2v) is 8.25. The Kier molecular flexibility index (Phi) is 4.05. The van der Waals surface area contributed by atoms with Crippen LogP contribution in [0.4, 0.5) is 0 Å². The Hall–Kier alpha value is -2.25. The fourth-order valence-corrected chi connectivity index (χ4v) is 5.48. The van der Waals surface area contributed by atoms with Crippen LogP contribution in [0.3, 0.4) is 0 Å². The van der Waals surface area contributed by atoms with Crippen LogP contribution in [-0.4, -0.2) is 39.8 Å². The van der Waals surface area contributed by atoms with Gasteiger partial charge in [-0.3, -0.25) is 4.98 Å². The molecule has 0 spiro atoms. The lowest BCUT2D eigenvalue weighted by atomic mass is 10.2. The summed E-state index contributed by atoms with van der Waals surface area (Å²) < 4.78 is 30.4. The highest BCUT2D eigenvalue weighted by atomic mass is 32.2. The van der Waals surface area contributed by atoms with Crippen LogP contribution in [-0.2, 0) is 16.6 Å². The smallest absolute Gasteiger partial charge is 0.244 e. The number of nitrogens with zero attached hydrogens (tertiary/aromatic N) is 4. The zero-order valence-electron chi connectivity index (χ0n) is 14.0. The summed E-state index contributed by atoms with van der Waals surface area (Å²) in [6, 6.07) is 7.08. The van der Waals surface area contributed by atoms with Crippen LogP contribution in [0, 0.1) is 6.92 Å². The van der Waals surface area contributed by atoms with Crippen LogP contribution in [0.2, 0.25) is 0 Å². The van der Waals surface area contributed by atoms with Gasteiger partial charge in [-0.25, -0.2) is 13.4 Å². The van der Waals surface area contributed by atoms with Gasteiger partial charge in [-0.15, -0.1) is 0 Å². The predicted octanol–water partition coefficient (Wildman–Crippen LogP) is 2.59. The first-order chi connectivity index (χ1) is 12.1. The summed E-state index contributed by atoms with van der Waals surface area (Å²) >= 11 is 0. The number of pyridine rings is 1. The molecule has 1 aromatic carbocycles. The Morgan fingerprint density at radius 3 is 2.92 bits per heavy atom. The summed E-state index contributed by atoms with van der Waals surface area (Å²) in [4.78, 5) is 8.69. The van der Waals surface area contributed by atoms with E-state index in [4.69, 9.17) is 0 Å². The van der Waals surface area contributed by atoms with Gasteiger partial charge in [-0.1, -0.05) is 12.1 Å². The Bertz CT molecular complexity index is 1010. The molecule has 0 amide bonds. The molecule has 0 bridgehead atoms. The maximum Gasteiger partial charge on any atom is 0.244 e. The number of sulfonamides is 1. The van der Waals surface area contributed by atoms with E-state index in [-0.39, 0.29) is 6.04 Å². The predicted molar refractivity (Wildman–Crippen MR) is 95.6 cm³/mol. The highest BCUT2D eigenvalue weighted by Gasteiger charge is 2.36. The van der Waals surface area contributed by atoms with E-state index in [1.165, 1.54) is 0 Å². The standard InChI is InChI=1S/C18H20N4O2S/c1-14-20-9-11-21(14)13-16-5-3-10-22(16)25(23,24)18-6-2-4-15-12-19-8-7-17(15)18/h2,4,6-9,11-12,16H,3,5,10,13H2,1H3. The van der Waals surface area contributed by atoms with Crippen molar-refractivity contribution in [1.29, 1.82) is 0 Å². The molecule has 25 heavy (non-hydrogen) atoms. The number of hydrogen-bond acceptors (Lipinski definition) is 4. The van der Waals surface area contributed by atoms with Crippen LogP contribution >= 0.6 is 0 Å². The molecule has 130 valence electrons. The first kappa shape index (κ1) is 16.2. The number of benzene rings is 1. The largest absolute Gasteiger partial charge is 0.334 e. The average molecular weight is 356 g/mol. The van der Waals surface area contributed by atoms with Crippen molar-refractivity contribution in [1.82, 2.24) is 18.8 Å². The first-order valence-electron chi connectivity index (χ1n) is 8.40. The Balaban J connectivity index is 1.72. The molecule has 1 aliphatic heterocycles. The van der Waals surface area contributed by atoms with Crippen molar-refractivity contribution in [3.8, 4) is 0 Å². The second kappa shape index (κ2) is 6.24. The SMILES string of the molecule is Cc1nccn1CC1CCCN1S(=O)(=O)c1cccc2cnccc12. The van der Waals surface area contributed by atoms with E-state index >= 15 is 0 Å². The molecule has 3 heterocycles. The minimum atomic E-state index is -3.56. The molecule has 0 N–H and O–H groups in total. The first-order valence-corrected chi connectivity index (χ1v) is 9.84. The molecule has 2 aromatic heterocycles. The van der Waals surface area contributed by atoms with Gasteiger partial charge in [0.25, 0.3) is 0 Å². The molecule has 0 saturated carbocycles. The number of rotatable bonds is 4. The van der Waals surface area contributed by atoms with Crippen molar-refractivity contribution < 1.29 is 8.42 Å². The highest BCUT2D eigenvalue weighted by Crippen LogP contribution is 2.31. The van der Waals surface area contributed by atoms with E-state index in [1.807, 2.05) is 23.8 Å². The number of aryl methyl sites for hydroxylation is 1. The van der Waals surface area contributed by atoms with Crippen molar-refractivity contribution in [2.24, 2.45) is 0 Å². The van der Waals surface area contributed by atoms with Gasteiger partial charge in [-0.2, -0.15) is 4.31 Å². The van der Waals surface area contributed by atoms with Gasteiger partial charge < -0.3 is 4.57 Å². The molecule has 6 nitrogen and oxygen atoms in total. The fourth-order valence-electron chi connectivity index (χ4n) is 3.58. The number of aromatic nitrogens is 3. The summed E-state index contributed by atoms with van der Waals surface area (Å²) in [5.41, 5.74) is 0. The molecule has 0 radical (unpaired) electrons. The molecule has 3 aromatic rings. The Morgan fingerprint density at radius 2 is 2.12 bits per heavy atom. The van der Waals surface area contributed by atoms with E-state index in [0.29, 0.717) is 18.0 Å². The van der Waals surface area contributed by atoms with Gasteiger partial charge >= 0.3 is 0 Å². The number of fused-ring (bicyclic) bond motifs is 1. The van der Waals surface area contributed by atoms with Crippen molar-refractivity contribution >= 4 is 20.8 Å². The van der Waals surface area contributed by atoms with E-state index in [1.54, 1.807) is 41.1 Å². The highest BCUT2D eigenvalue weighted by molar-refractivity contribution is 7.89. The molecule has 1 saturated heterocycles. The summed E-state index contributed by atoms with van der Waals surface area (Å²) in [7, 11) is -3.56. The van der Waals surface area contributed by atoms with Gasteiger partial charge in [0.1, 0.15) is 5.82 Å². The zero-order valence-corrected chi connectivity index (χ0v) is 14.9. The summed E-state index contributed by atoms with van der Waals surface area (Å²) in [5, 5.41) is 1.56. The van der Waals surface area contributed by atoms with Crippen molar-refractivity contribution in [2.75, 3.05) is 6.54 Å². The number of imidazole rings is 1. The zero-order chi connectivity index (χ0) is 17.4. The fraction of sp³-hybridized carbons (Fsp3) is 0.333. The van der Waals surface area contributed by atoms with Gasteiger partial charge in [0.05, 0.1) is 4.90 Å². The van der Waals surface area contributed by atoms with Crippen LogP contribution in [0.15, 0.2) is 53.9 Å². The van der Waals surface area contributed by atoms with Crippen LogP contribution in [0.25, 0.3) is 10.8 Å². The minimum absolute atomic E-state index is 0.0463. The third kappa shape index (κ3) is 2.83. The van der Waals surface area contributed by atoms with Gasteiger partial charge in [0.15, 0.2) is 0 Å². The van der Waals surface area contributed by atoms with Crippen LogP contribution in [0.1, 0.15) is 18.7 Å². The van der Waals surface area contributed by atoms with Crippen LogP contribution in [0.5, 0.6) is 0 Å². The molecule has 1 aliphatic rings. The average Bonchev–Trinajstić information content (AvgIpc) is 3.24. The molecule has 1 atom stereocenters. The normalized spacial score (nSPS) is 18.8. The lowest BCUT2D eigenvalue weighted by Crippen LogP contribution is -2.38. The second-order valence-electron chi connectivity index (χ2n) is 6.39. The Labute approximate surface area is 147 Å². The Morgan fingerprint density at radius 1 is 1.24 bits per heavy atom. The molecular weight excluding hydrogens is 336 g/mol. The van der Waals surface area contributed by atoms with Crippen molar-refractivity contribution in [3.05, 3.63) is 54.9 Å². The molecular formula is C18H20N4O2S. The molecule has 7 heteroatoms. The van der Waals surface area contributed by atoms with E-state index in [0.717, 1.165) is 29.4 Å². The molecule has 0 aliphatic carbocycles. The number of hydrogen-bond donors (Lipinski definition) is 0. The van der Waals surface area contributed by atoms with Crippen molar-refractivity contribution in [3.63, 3.8) is 0 Å². The summed E-state index contributed by atoms with van der Waals surface area (Å²) in [6.45, 7) is 3.13. The topological polar surface area (TPSA) is 68.1 Å². The third-order valence-electron chi connectivity index (χ3n) is 4.88. The molecule has 1 fully saturated rings. The lowest BCUT2D eigenvalue weighted by Gasteiger charge is -2.25. The van der Waals surface area contributed by atoms with Crippen molar-refractivity contribution in [2.45, 2.75) is 37.2 Å². The third-order valence-corrected chi connectivity index (χ3v) is 6.89. The van der Waals surface area contributed by atoms with Gasteiger partial charge in [-0.05, 0) is 31.9 Å². The lowest BCUT2D eigenvalue weighted by molar-refractivity contribution is 0.350. The van der Waals surface area contributed by atoms with E-state index in [2.05, 4.69) is 9.97 Å². The van der Waals surface area contributed by atoms with Gasteiger partial charge in [0.2, 0.25) is 10.0 Å². The maximum atomic E-state index is 13.4. The molecule has 1 unspecified atom stereocenters.